The average Bonchev–Trinajstić information content (AvgIpc) is 3.06. The summed E-state index contributed by atoms with van der Waals surface area (Å²) < 4.78 is 14.0. The molecule has 2 N–H and O–H groups in total. The molecule has 6 nitrogen and oxygen atoms in total. The standard InChI is InChI=1S/C15H16FN3O3S/c16-12-9-10(19(21)22)8-11(15(12)20)14(13-2-1-7-23-13)18-5-3-17-4-6-18/h1-2,7-9,14,17,20H,3-6H2/t14-/m1/s1. The van der Waals surface area contributed by atoms with Crippen LogP contribution >= 0.6 is 11.3 Å². The Labute approximate surface area is 136 Å². The van der Waals surface area contributed by atoms with Gasteiger partial charge in [0.15, 0.2) is 11.6 Å². The minimum atomic E-state index is -0.967. The van der Waals surface area contributed by atoms with Gasteiger partial charge in [0.1, 0.15) is 0 Å². The number of benzene rings is 1. The van der Waals surface area contributed by atoms with Crippen molar-refractivity contribution in [2.45, 2.75) is 6.04 Å². The summed E-state index contributed by atoms with van der Waals surface area (Å²) in [5, 5.41) is 26.3. The minimum absolute atomic E-state index is 0.237. The molecule has 0 amide bonds. The Bertz CT molecular complexity index is 702. The molecule has 8 heteroatoms. The smallest absolute Gasteiger partial charge is 0.272 e. The van der Waals surface area contributed by atoms with E-state index < -0.39 is 22.5 Å². The molecular weight excluding hydrogens is 321 g/mol. The van der Waals surface area contributed by atoms with Gasteiger partial charge in [0, 0.05) is 42.7 Å². The molecule has 3 rings (SSSR count). The van der Waals surface area contributed by atoms with E-state index in [1.165, 1.54) is 17.4 Å². The largest absolute Gasteiger partial charge is 0.505 e. The van der Waals surface area contributed by atoms with Gasteiger partial charge in [-0.3, -0.25) is 15.0 Å². The van der Waals surface area contributed by atoms with E-state index in [2.05, 4.69) is 10.2 Å². The lowest BCUT2D eigenvalue weighted by atomic mass is 10.0. The van der Waals surface area contributed by atoms with Crippen molar-refractivity contribution in [1.29, 1.82) is 0 Å². The number of phenolic OH excluding ortho intramolecular Hbond substituents is 1. The number of phenols is 1. The molecule has 122 valence electrons. The molecule has 0 spiro atoms. The number of nitro groups is 1. The fraction of sp³-hybridized carbons (Fsp3) is 0.333. The van der Waals surface area contributed by atoms with Crippen molar-refractivity contribution in [2.75, 3.05) is 26.2 Å². The Balaban J connectivity index is 2.11. The fourth-order valence-electron chi connectivity index (χ4n) is 2.84. The number of piperazine rings is 1. The second-order valence-electron chi connectivity index (χ2n) is 5.33. The van der Waals surface area contributed by atoms with Gasteiger partial charge in [-0.1, -0.05) is 6.07 Å². The Kier molecular flexibility index (Phi) is 4.56. The second-order valence-corrected chi connectivity index (χ2v) is 6.31. The Morgan fingerprint density at radius 2 is 2.13 bits per heavy atom. The van der Waals surface area contributed by atoms with Gasteiger partial charge in [-0.25, -0.2) is 4.39 Å². The predicted molar refractivity (Wildman–Crippen MR) is 85.3 cm³/mol. The Hall–Kier alpha value is -2.03. The highest BCUT2D eigenvalue weighted by Crippen LogP contribution is 2.39. The number of nitrogens with one attached hydrogen (secondary N) is 1. The normalized spacial score (nSPS) is 17.1. The van der Waals surface area contributed by atoms with Gasteiger partial charge in [0.05, 0.1) is 17.0 Å². The lowest BCUT2D eigenvalue weighted by Gasteiger charge is -2.34. The first-order valence-corrected chi connectivity index (χ1v) is 8.11. The zero-order valence-corrected chi connectivity index (χ0v) is 13.1. The van der Waals surface area contributed by atoms with Crippen molar-refractivity contribution in [3.05, 3.63) is 56.0 Å². The van der Waals surface area contributed by atoms with Crippen molar-refractivity contribution in [3.63, 3.8) is 0 Å². The molecule has 1 aromatic carbocycles. The van der Waals surface area contributed by atoms with Crippen LogP contribution < -0.4 is 5.32 Å². The lowest BCUT2D eigenvalue weighted by Crippen LogP contribution is -2.45. The monoisotopic (exact) mass is 337 g/mol. The molecule has 0 saturated carbocycles. The van der Waals surface area contributed by atoms with E-state index in [0.717, 1.165) is 24.0 Å². The summed E-state index contributed by atoms with van der Waals surface area (Å²) in [7, 11) is 0. The van der Waals surface area contributed by atoms with Crippen LogP contribution in [0.1, 0.15) is 16.5 Å². The summed E-state index contributed by atoms with van der Waals surface area (Å²) in [5.41, 5.74) is -0.118. The van der Waals surface area contributed by atoms with Gasteiger partial charge in [-0.15, -0.1) is 11.3 Å². The van der Waals surface area contributed by atoms with Crippen LogP contribution in [-0.4, -0.2) is 41.1 Å². The molecule has 1 saturated heterocycles. The molecule has 0 aliphatic carbocycles. The second kappa shape index (κ2) is 6.61. The van der Waals surface area contributed by atoms with Gasteiger partial charge in [0.2, 0.25) is 0 Å². The third-order valence-electron chi connectivity index (χ3n) is 3.91. The lowest BCUT2D eigenvalue weighted by molar-refractivity contribution is -0.385. The highest BCUT2D eigenvalue weighted by atomic mass is 32.1. The topological polar surface area (TPSA) is 78.6 Å². The maximum Gasteiger partial charge on any atom is 0.272 e. The summed E-state index contributed by atoms with van der Waals surface area (Å²) in [6.45, 7) is 2.98. The van der Waals surface area contributed by atoms with Gasteiger partial charge in [-0.2, -0.15) is 0 Å². The van der Waals surface area contributed by atoms with E-state index in [4.69, 9.17) is 0 Å². The average molecular weight is 337 g/mol. The summed E-state index contributed by atoms with van der Waals surface area (Å²) in [6, 6.07) is 5.40. The highest BCUT2D eigenvalue weighted by molar-refractivity contribution is 7.10. The van der Waals surface area contributed by atoms with Crippen molar-refractivity contribution < 1.29 is 14.4 Å². The molecule has 1 atom stereocenters. The first kappa shape index (κ1) is 15.9. The summed E-state index contributed by atoms with van der Waals surface area (Å²) in [4.78, 5) is 13.4. The third-order valence-corrected chi connectivity index (χ3v) is 4.84. The zero-order valence-electron chi connectivity index (χ0n) is 12.2. The maximum atomic E-state index is 14.0. The van der Waals surface area contributed by atoms with Crippen LogP contribution in [0.15, 0.2) is 29.6 Å². The maximum absolute atomic E-state index is 14.0. The zero-order chi connectivity index (χ0) is 16.4. The number of nitro benzene ring substituents is 1. The fourth-order valence-corrected chi connectivity index (χ4v) is 3.71. The van der Waals surface area contributed by atoms with Gasteiger partial charge < -0.3 is 10.4 Å². The number of hydrogen-bond acceptors (Lipinski definition) is 6. The van der Waals surface area contributed by atoms with E-state index in [0.29, 0.717) is 13.1 Å². The summed E-state index contributed by atoms with van der Waals surface area (Å²) in [6.07, 6.45) is 0. The van der Waals surface area contributed by atoms with E-state index in [1.54, 1.807) is 0 Å². The number of aromatic hydroxyl groups is 1. The van der Waals surface area contributed by atoms with Gasteiger partial charge in [-0.05, 0) is 11.4 Å². The molecule has 0 radical (unpaired) electrons. The van der Waals surface area contributed by atoms with E-state index in [1.807, 2.05) is 17.5 Å². The molecule has 0 unspecified atom stereocenters. The van der Waals surface area contributed by atoms with E-state index in [-0.39, 0.29) is 11.3 Å². The van der Waals surface area contributed by atoms with Gasteiger partial charge >= 0.3 is 0 Å². The first-order chi connectivity index (χ1) is 11.1. The molecule has 2 heterocycles. The molecule has 23 heavy (non-hydrogen) atoms. The number of hydrogen-bond donors (Lipinski definition) is 2. The summed E-state index contributed by atoms with van der Waals surface area (Å²) >= 11 is 1.48. The minimum Gasteiger partial charge on any atom is -0.505 e. The number of rotatable bonds is 4. The van der Waals surface area contributed by atoms with Crippen LogP contribution in [-0.2, 0) is 0 Å². The van der Waals surface area contributed by atoms with Crippen LogP contribution in [0.25, 0.3) is 0 Å². The van der Waals surface area contributed by atoms with Crippen molar-refractivity contribution in [1.82, 2.24) is 10.2 Å². The Morgan fingerprint density at radius 3 is 2.74 bits per heavy atom. The number of non-ortho nitro benzene ring substituents is 1. The quantitative estimate of drug-likeness (QED) is 0.662. The summed E-state index contributed by atoms with van der Waals surface area (Å²) in [5.74, 6) is -1.49. The van der Waals surface area contributed by atoms with Crippen molar-refractivity contribution >= 4 is 17.0 Å². The van der Waals surface area contributed by atoms with Gasteiger partial charge in [0.25, 0.3) is 5.69 Å². The number of halogens is 1. The first-order valence-electron chi connectivity index (χ1n) is 7.23. The molecule has 0 bridgehead atoms. The third kappa shape index (κ3) is 3.19. The Morgan fingerprint density at radius 1 is 1.39 bits per heavy atom. The number of thiophene rings is 1. The SMILES string of the molecule is O=[N+]([O-])c1cc(F)c(O)c([C@H](c2cccs2)N2CCNCC2)c1. The van der Waals surface area contributed by atoms with Crippen LogP contribution in [0.4, 0.5) is 10.1 Å². The molecule has 1 aliphatic heterocycles. The van der Waals surface area contributed by atoms with Crippen LogP contribution in [0.2, 0.25) is 0 Å². The van der Waals surface area contributed by atoms with Crippen molar-refractivity contribution in [3.8, 4) is 5.75 Å². The molecule has 1 aliphatic rings. The molecule has 1 aromatic heterocycles. The molecule has 2 aromatic rings. The van der Waals surface area contributed by atoms with Crippen molar-refractivity contribution in [2.24, 2.45) is 0 Å². The van der Waals surface area contributed by atoms with Crippen LogP contribution in [0, 0.1) is 15.9 Å². The molecular formula is C15H16FN3O3S. The highest BCUT2D eigenvalue weighted by Gasteiger charge is 2.30. The molecule has 1 fully saturated rings. The van der Waals surface area contributed by atoms with E-state index in [9.17, 15) is 19.6 Å². The number of nitrogens with zero attached hydrogens (tertiary/aromatic N) is 2. The van der Waals surface area contributed by atoms with Crippen LogP contribution in [0.5, 0.6) is 5.75 Å². The van der Waals surface area contributed by atoms with Crippen LogP contribution in [0.3, 0.4) is 0 Å². The predicted octanol–water partition coefficient (Wildman–Crippen LogP) is 2.50. The van der Waals surface area contributed by atoms with E-state index >= 15 is 0 Å².